The molecule has 0 unspecified atom stereocenters. The minimum Gasteiger partial charge on any atom is -0.424 e. The van der Waals surface area contributed by atoms with Gasteiger partial charge in [-0.1, -0.05) is 36.0 Å². The van der Waals surface area contributed by atoms with Gasteiger partial charge in [0.2, 0.25) is 0 Å². The molecule has 0 aliphatic carbocycles. The lowest BCUT2D eigenvalue weighted by atomic mass is 10.2. The predicted octanol–water partition coefficient (Wildman–Crippen LogP) is 6.36. The summed E-state index contributed by atoms with van der Waals surface area (Å²) in [7, 11) is 0. The highest BCUT2D eigenvalue weighted by molar-refractivity contribution is 6.31. The molecule has 0 amide bonds. The normalized spacial score (nSPS) is 11.4. The molecule has 2 N–H and O–H groups in total. The molecule has 0 saturated carbocycles. The monoisotopic (exact) mass is 418 g/mol. The van der Waals surface area contributed by atoms with Gasteiger partial charge in [-0.05, 0) is 49.2 Å². The van der Waals surface area contributed by atoms with Crippen LogP contribution in [0.3, 0.4) is 0 Å². The third kappa shape index (κ3) is 4.69. The SMILES string of the molecule is Clc1ccc2oc(NCCCCCCNc3nc4cc(Cl)ccc4o3)nc2c1. The number of benzene rings is 2. The standard InChI is InChI=1S/C20H20Cl2N4O2/c21-13-5-7-17-15(11-13)25-19(27-17)23-9-3-1-2-4-10-24-20-26-16-12-14(22)6-8-18(16)28-20/h5-8,11-12H,1-4,9-10H2,(H,23,25)(H,24,26). The molecule has 0 radical (unpaired) electrons. The number of hydrogen-bond donors (Lipinski definition) is 2. The van der Waals surface area contributed by atoms with Crippen LogP contribution in [0.15, 0.2) is 45.2 Å². The number of aromatic nitrogens is 2. The number of rotatable bonds is 9. The summed E-state index contributed by atoms with van der Waals surface area (Å²) >= 11 is 11.9. The van der Waals surface area contributed by atoms with E-state index < -0.39 is 0 Å². The molecule has 4 aromatic rings. The van der Waals surface area contributed by atoms with Crippen LogP contribution in [0.2, 0.25) is 10.0 Å². The van der Waals surface area contributed by atoms with Gasteiger partial charge in [0.15, 0.2) is 11.2 Å². The average Bonchev–Trinajstić information content (AvgIpc) is 3.26. The van der Waals surface area contributed by atoms with Crippen LogP contribution in [0.25, 0.3) is 22.2 Å². The number of hydrogen-bond acceptors (Lipinski definition) is 6. The summed E-state index contributed by atoms with van der Waals surface area (Å²) in [5.74, 6) is 0. The van der Waals surface area contributed by atoms with Gasteiger partial charge < -0.3 is 19.5 Å². The number of halogens is 2. The second-order valence-corrected chi connectivity index (χ2v) is 7.40. The Bertz CT molecular complexity index is 991. The molecule has 146 valence electrons. The summed E-state index contributed by atoms with van der Waals surface area (Å²) < 4.78 is 11.3. The quantitative estimate of drug-likeness (QED) is 0.308. The lowest BCUT2D eigenvalue weighted by Gasteiger charge is -2.03. The van der Waals surface area contributed by atoms with Crippen molar-refractivity contribution in [3.63, 3.8) is 0 Å². The van der Waals surface area contributed by atoms with Gasteiger partial charge in [0.25, 0.3) is 12.0 Å². The van der Waals surface area contributed by atoms with Crippen LogP contribution in [-0.2, 0) is 0 Å². The summed E-state index contributed by atoms with van der Waals surface area (Å²) in [4.78, 5) is 8.76. The molecule has 0 aliphatic heterocycles. The van der Waals surface area contributed by atoms with Crippen LogP contribution in [-0.4, -0.2) is 23.1 Å². The lowest BCUT2D eigenvalue weighted by Crippen LogP contribution is -2.03. The molecule has 2 aromatic heterocycles. The Balaban J connectivity index is 1.12. The van der Waals surface area contributed by atoms with Gasteiger partial charge in [0.05, 0.1) is 0 Å². The molecule has 0 spiro atoms. The molecule has 28 heavy (non-hydrogen) atoms. The summed E-state index contributed by atoms with van der Waals surface area (Å²) in [6.45, 7) is 1.64. The molecule has 0 atom stereocenters. The molecule has 0 fully saturated rings. The van der Waals surface area contributed by atoms with Crippen LogP contribution in [0, 0.1) is 0 Å². The Kier molecular flexibility index (Phi) is 5.88. The maximum absolute atomic E-state index is 5.96. The van der Waals surface area contributed by atoms with Crippen molar-refractivity contribution in [3.05, 3.63) is 46.4 Å². The molecular formula is C20H20Cl2N4O2. The molecular weight excluding hydrogens is 399 g/mol. The fraction of sp³-hybridized carbons (Fsp3) is 0.300. The van der Waals surface area contributed by atoms with Crippen molar-refractivity contribution in [1.82, 2.24) is 9.97 Å². The molecule has 2 aromatic carbocycles. The molecule has 4 rings (SSSR count). The number of nitrogens with one attached hydrogen (secondary N) is 2. The van der Waals surface area contributed by atoms with Gasteiger partial charge in [-0.2, -0.15) is 9.97 Å². The van der Waals surface area contributed by atoms with Crippen LogP contribution in [0.5, 0.6) is 0 Å². The Morgan fingerprint density at radius 3 is 1.61 bits per heavy atom. The van der Waals surface area contributed by atoms with E-state index in [0.29, 0.717) is 22.1 Å². The molecule has 8 heteroatoms. The van der Waals surface area contributed by atoms with E-state index in [0.717, 1.165) is 61.0 Å². The summed E-state index contributed by atoms with van der Waals surface area (Å²) in [6, 6.07) is 11.9. The van der Waals surface area contributed by atoms with E-state index >= 15 is 0 Å². The van der Waals surface area contributed by atoms with E-state index in [-0.39, 0.29) is 0 Å². The molecule has 0 saturated heterocycles. The van der Waals surface area contributed by atoms with E-state index in [1.54, 1.807) is 24.3 Å². The van der Waals surface area contributed by atoms with Crippen molar-refractivity contribution in [2.75, 3.05) is 23.7 Å². The zero-order valence-corrected chi connectivity index (χ0v) is 16.7. The highest BCUT2D eigenvalue weighted by Gasteiger charge is 2.06. The Hall–Kier alpha value is -2.44. The predicted molar refractivity (Wildman–Crippen MR) is 113 cm³/mol. The zero-order chi connectivity index (χ0) is 19.3. The number of oxazole rings is 2. The van der Waals surface area contributed by atoms with E-state index in [9.17, 15) is 0 Å². The largest absolute Gasteiger partial charge is 0.424 e. The number of nitrogens with zero attached hydrogens (tertiary/aromatic N) is 2. The van der Waals surface area contributed by atoms with Gasteiger partial charge in [-0.25, -0.2) is 0 Å². The summed E-state index contributed by atoms with van der Waals surface area (Å²) in [6.07, 6.45) is 4.32. The van der Waals surface area contributed by atoms with Crippen LogP contribution < -0.4 is 10.6 Å². The van der Waals surface area contributed by atoms with E-state index in [4.69, 9.17) is 32.0 Å². The first kappa shape index (κ1) is 18.9. The Labute approximate surface area is 172 Å². The molecule has 6 nitrogen and oxygen atoms in total. The van der Waals surface area contributed by atoms with Crippen molar-refractivity contribution in [2.24, 2.45) is 0 Å². The van der Waals surface area contributed by atoms with Crippen LogP contribution in [0.1, 0.15) is 25.7 Å². The minimum atomic E-state index is 0.537. The summed E-state index contributed by atoms with van der Waals surface area (Å²) in [5.41, 5.74) is 3.00. The van der Waals surface area contributed by atoms with Crippen molar-refractivity contribution < 1.29 is 8.83 Å². The minimum absolute atomic E-state index is 0.537. The van der Waals surface area contributed by atoms with E-state index in [2.05, 4.69) is 20.6 Å². The fourth-order valence-electron chi connectivity index (χ4n) is 2.95. The van der Waals surface area contributed by atoms with Crippen molar-refractivity contribution in [3.8, 4) is 0 Å². The van der Waals surface area contributed by atoms with Crippen LogP contribution >= 0.6 is 23.2 Å². The first-order chi connectivity index (χ1) is 13.7. The molecule has 0 aliphatic rings. The fourth-order valence-corrected chi connectivity index (χ4v) is 3.28. The Morgan fingerprint density at radius 1 is 0.679 bits per heavy atom. The van der Waals surface area contributed by atoms with E-state index in [1.807, 2.05) is 12.1 Å². The smallest absolute Gasteiger partial charge is 0.295 e. The first-order valence-electron chi connectivity index (χ1n) is 9.27. The average molecular weight is 419 g/mol. The van der Waals surface area contributed by atoms with Crippen molar-refractivity contribution in [2.45, 2.75) is 25.7 Å². The van der Waals surface area contributed by atoms with Crippen molar-refractivity contribution >= 4 is 57.4 Å². The topological polar surface area (TPSA) is 76.1 Å². The first-order valence-corrected chi connectivity index (χ1v) is 10.0. The highest BCUT2D eigenvalue weighted by Crippen LogP contribution is 2.23. The van der Waals surface area contributed by atoms with Gasteiger partial charge in [-0.15, -0.1) is 0 Å². The third-order valence-corrected chi connectivity index (χ3v) is 4.83. The summed E-state index contributed by atoms with van der Waals surface area (Å²) in [5, 5.41) is 7.75. The third-order valence-electron chi connectivity index (χ3n) is 4.36. The van der Waals surface area contributed by atoms with Gasteiger partial charge >= 0.3 is 0 Å². The van der Waals surface area contributed by atoms with Gasteiger partial charge in [0, 0.05) is 23.1 Å². The second-order valence-electron chi connectivity index (χ2n) is 6.53. The Morgan fingerprint density at radius 2 is 1.14 bits per heavy atom. The highest BCUT2D eigenvalue weighted by atomic mass is 35.5. The number of unbranched alkanes of at least 4 members (excludes halogenated alkanes) is 3. The van der Waals surface area contributed by atoms with Crippen molar-refractivity contribution in [1.29, 1.82) is 0 Å². The maximum atomic E-state index is 5.96. The zero-order valence-electron chi connectivity index (χ0n) is 15.2. The lowest BCUT2D eigenvalue weighted by molar-refractivity contribution is 0.597. The number of fused-ring (bicyclic) bond motifs is 2. The van der Waals surface area contributed by atoms with E-state index in [1.165, 1.54) is 0 Å². The van der Waals surface area contributed by atoms with Gasteiger partial charge in [0.1, 0.15) is 11.0 Å². The van der Waals surface area contributed by atoms with Crippen LogP contribution in [0.4, 0.5) is 12.0 Å². The second kappa shape index (κ2) is 8.71. The maximum Gasteiger partial charge on any atom is 0.295 e. The number of anilines is 2. The van der Waals surface area contributed by atoms with Gasteiger partial charge in [-0.3, -0.25) is 0 Å². The molecule has 0 bridgehead atoms. The molecule has 2 heterocycles.